The SMILES string of the molecule is [2H]C([2H])([2H])c1ccc2c(n1)oc1c(-c3cc(-c4c(C)cc(-c5ccc(-c6ccc(C)cc6)cc5C)cc4C([2H])([2H])[2H])c(C([2H])([2H])[2H])cn3)cccc12. The van der Waals surface area contributed by atoms with Crippen LogP contribution in [0.5, 0.6) is 0 Å². The third-order valence-corrected chi connectivity index (χ3v) is 8.07. The van der Waals surface area contributed by atoms with Crippen LogP contribution in [0.4, 0.5) is 0 Å². The Morgan fingerprint density at radius 2 is 1.40 bits per heavy atom. The molecule has 0 aliphatic carbocycles. The zero-order valence-electron chi connectivity index (χ0n) is 33.0. The quantitative estimate of drug-likeness (QED) is 0.212. The van der Waals surface area contributed by atoms with Crippen LogP contribution >= 0.6 is 0 Å². The Morgan fingerprint density at radius 1 is 0.605 bits per heavy atom. The minimum absolute atomic E-state index is 0.0236. The Morgan fingerprint density at radius 3 is 2.19 bits per heavy atom. The maximum absolute atomic E-state index is 8.63. The van der Waals surface area contributed by atoms with E-state index in [2.05, 4.69) is 40.3 Å². The van der Waals surface area contributed by atoms with E-state index in [0.717, 1.165) is 22.3 Å². The van der Waals surface area contributed by atoms with E-state index in [9.17, 15) is 0 Å². The number of furan rings is 1. The molecular formula is C40H34N2O. The highest BCUT2D eigenvalue weighted by Crippen LogP contribution is 2.39. The van der Waals surface area contributed by atoms with Gasteiger partial charge in [-0.1, -0.05) is 72.3 Å². The first-order chi connectivity index (χ1) is 24.4. The van der Waals surface area contributed by atoms with Crippen LogP contribution in [0.1, 0.15) is 45.8 Å². The molecular weight excluding hydrogens is 524 g/mol. The van der Waals surface area contributed by atoms with Gasteiger partial charge in [0, 0.05) is 40.6 Å². The van der Waals surface area contributed by atoms with Gasteiger partial charge in [0.05, 0.1) is 5.69 Å². The summed E-state index contributed by atoms with van der Waals surface area (Å²) in [7, 11) is 0. The number of fused-ring (bicyclic) bond motifs is 3. The van der Waals surface area contributed by atoms with Gasteiger partial charge in [0.2, 0.25) is 5.71 Å². The highest BCUT2D eigenvalue weighted by molar-refractivity contribution is 6.08. The van der Waals surface area contributed by atoms with Gasteiger partial charge in [0.15, 0.2) is 0 Å². The number of aromatic nitrogens is 2. The lowest BCUT2D eigenvalue weighted by Gasteiger charge is -2.17. The van der Waals surface area contributed by atoms with Gasteiger partial charge in [0.1, 0.15) is 5.58 Å². The fourth-order valence-electron chi connectivity index (χ4n) is 5.90. The second-order valence-corrected chi connectivity index (χ2v) is 11.1. The molecule has 43 heavy (non-hydrogen) atoms. The average Bonchev–Trinajstić information content (AvgIpc) is 3.45. The zero-order chi connectivity index (χ0) is 37.3. The third kappa shape index (κ3) is 4.71. The maximum atomic E-state index is 8.63. The largest absolute Gasteiger partial charge is 0.437 e. The highest BCUT2D eigenvalue weighted by Gasteiger charge is 2.17. The monoisotopic (exact) mass is 567 g/mol. The molecule has 3 heteroatoms. The van der Waals surface area contributed by atoms with Crippen molar-refractivity contribution < 1.29 is 16.8 Å². The molecule has 0 saturated carbocycles. The Kier molecular flexibility index (Phi) is 4.46. The standard InChI is InChI=1S/C40H34N2O/c1-23-10-13-29(14-11-23)30-15-17-32(24(2)18-30)31-19-25(3)38(26(4)20-31)36-21-37(41-22-27(36)5)35-9-7-8-33-34-16-12-28(6)42-40(34)43-39(33)35/h7-22H,1-6H3/i3D3,5D3,6D3. The molecule has 0 amide bonds. The number of pyridine rings is 2. The molecule has 0 N–H and O–H groups in total. The second-order valence-electron chi connectivity index (χ2n) is 11.1. The first-order valence-electron chi connectivity index (χ1n) is 18.6. The molecule has 0 fully saturated rings. The first-order valence-corrected chi connectivity index (χ1v) is 14.1. The Bertz CT molecular complexity index is 2510. The lowest BCUT2D eigenvalue weighted by atomic mass is 9.88. The van der Waals surface area contributed by atoms with Gasteiger partial charge in [0.25, 0.3) is 0 Å². The summed E-state index contributed by atoms with van der Waals surface area (Å²) in [6.07, 6.45) is 1.27. The topological polar surface area (TPSA) is 38.9 Å². The van der Waals surface area contributed by atoms with Crippen molar-refractivity contribution in [2.45, 2.75) is 41.3 Å². The van der Waals surface area contributed by atoms with Crippen LogP contribution in [0.25, 0.3) is 66.7 Å². The van der Waals surface area contributed by atoms with Gasteiger partial charge in [-0.15, -0.1) is 0 Å². The molecule has 0 unspecified atom stereocenters. The normalized spacial score (nSPS) is 15.5. The number of hydrogen-bond donors (Lipinski definition) is 0. The van der Waals surface area contributed by atoms with Crippen LogP contribution in [0, 0.1) is 41.3 Å². The third-order valence-electron chi connectivity index (χ3n) is 8.07. The van der Waals surface area contributed by atoms with Crippen molar-refractivity contribution in [2.24, 2.45) is 0 Å². The molecule has 0 bridgehead atoms. The van der Waals surface area contributed by atoms with E-state index in [1.807, 2.05) is 38.1 Å². The van der Waals surface area contributed by atoms with E-state index in [0.29, 0.717) is 44.3 Å². The molecule has 0 radical (unpaired) electrons. The van der Waals surface area contributed by atoms with Crippen molar-refractivity contribution in [2.75, 3.05) is 0 Å². The van der Waals surface area contributed by atoms with Crippen LogP contribution in [-0.2, 0) is 0 Å². The number of rotatable bonds is 4. The van der Waals surface area contributed by atoms with Gasteiger partial charge >= 0.3 is 0 Å². The van der Waals surface area contributed by atoms with E-state index >= 15 is 0 Å². The van der Waals surface area contributed by atoms with Crippen LogP contribution < -0.4 is 0 Å². The number of para-hydroxylation sites is 1. The molecule has 210 valence electrons. The molecule has 0 aliphatic heterocycles. The summed E-state index contributed by atoms with van der Waals surface area (Å²) in [5.74, 6) is 0. The highest BCUT2D eigenvalue weighted by atomic mass is 16.3. The molecule has 4 aromatic carbocycles. The molecule has 0 spiro atoms. The fourth-order valence-corrected chi connectivity index (χ4v) is 5.90. The van der Waals surface area contributed by atoms with E-state index in [4.69, 9.17) is 16.8 Å². The molecule has 3 heterocycles. The minimum Gasteiger partial charge on any atom is -0.437 e. The lowest BCUT2D eigenvalue weighted by molar-refractivity contribution is 0.653. The van der Waals surface area contributed by atoms with Crippen molar-refractivity contribution in [3.63, 3.8) is 0 Å². The Hall–Kier alpha value is -5.02. The van der Waals surface area contributed by atoms with Crippen molar-refractivity contribution in [3.8, 4) is 44.6 Å². The summed E-state index contributed by atoms with van der Waals surface area (Å²) in [6, 6.07) is 28.0. The predicted molar refractivity (Wildman–Crippen MR) is 179 cm³/mol. The van der Waals surface area contributed by atoms with Crippen LogP contribution in [-0.4, -0.2) is 9.97 Å². The van der Waals surface area contributed by atoms with E-state index in [1.54, 1.807) is 37.3 Å². The summed E-state index contributed by atoms with van der Waals surface area (Å²) in [6.45, 7) is -1.80. The van der Waals surface area contributed by atoms with Crippen molar-refractivity contribution >= 4 is 22.1 Å². The molecule has 0 atom stereocenters. The summed E-state index contributed by atoms with van der Waals surface area (Å²) in [4.78, 5) is 8.80. The molecule has 7 aromatic rings. The number of benzene rings is 4. The summed E-state index contributed by atoms with van der Waals surface area (Å²) in [5.41, 5.74) is 8.20. The van der Waals surface area contributed by atoms with Gasteiger partial charge in [-0.05, 0) is 121 Å². The zero-order valence-corrected chi connectivity index (χ0v) is 24.0. The summed E-state index contributed by atoms with van der Waals surface area (Å²) in [5, 5.41) is 1.29. The van der Waals surface area contributed by atoms with Crippen molar-refractivity contribution in [3.05, 3.63) is 131 Å². The van der Waals surface area contributed by atoms with E-state index in [1.165, 1.54) is 17.8 Å². The lowest BCUT2D eigenvalue weighted by Crippen LogP contribution is -1.96. The Labute approximate surface area is 265 Å². The van der Waals surface area contributed by atoms with Gasteiger partial charge in [-0.3, -0.25) is 4.98 Å². The minimum atomic E-state index is -2.61. The first kappa shape index (κ1) is 18.5. The molecule has 7 rings (SSSR count). The number of nitrogens with zero attached hydrogens (tertiary/aromatic N) is 2. The van der Waals surface area contributed by atoms with Crippen LogP contribution in [0.2, 0.25) is 0 Å². The summed E-state index contributed by atoms with van der Waals surface area (Å²) >= 11 is 0. The molecule has 0 saturated heterocycles. The molecule has 3 nitrogen and oxygen atoms in total. The maximum Gasteiger partial charge on any atom is 0.227 e. The Balaban J connectivity index is 1.41. The predicted octanol–water partition coefficient (Wildman–Crippen LogP) is 10.9. The van der Waals surface area contributed by atoms with E-state index < -0.39 is 20.6 Å². The number of aryl methyl sites for hydroxylation is 6. The average molecular weight is 568 g/mol. The second kappa shape index (κ2) is 10.4. The van der Waals surface area contributed by atoms with Crippen LogP contribution in [0.15, 0.2) is 102 Å². The fraction of sp³-hybridized carbons (Fsp3) is 0.150. The van der Waals surface area contributed by atoms with E-state index in [-0.39, 0.29) is 28.1 Å². The van der Waals surface area contributed by atoms with Gasteiger partial charge in [-0.25, -0.2) is 4.98 Å². The summed E-state index contributed by atoms with van der Waals surface area (Å²) < 4.78 is 80.5. The van der Waals surface area contributed by atoms with Crippen LogP contribution in [0.3, 0.4) is 0 Å². The van der Waals surface area contributed by atoms with Gasteiger partial charge < -0.3 is 4.42 Å². The van der Waals surface area contributed by atoms with Crippen molar-refractivity contribution in [1.82, 2.24) is 9.97 Å². The molecule has 3 aromatic heterocycles. The molecule has 0 aliphatic rings. The smallest absolute Gasteiger partial charge is 0.227 e. The van der Waals surface area contributed by atoms with Gasteiger partial charge in [-0.2, -0.15) is 0 Å². The number of hydrogen-bond acceptors (Lipinski definition) is 3. The van der Waals surface area contributed by atoms with Crippen molar-refractivity contribution in [1.29, 1.82) is 0 Å².